The topological polar surface area (TPSA) is 29.3 Å². The quantitative estimate of drug-likeness (QED) is 0.744. The highest BCUT2D eigenvalue weighted by Crippen LogP contribution is 2.30. The molecule has 0 spiro atoms. The summed E-state index contributed by atoms with van der Waals surface area (Å²) in [4.78, 5) is 2.54. The average Bonchev–Trinajstić information content (AvgIpc) is 2.25. The molecule has 0 aliphatic carbocycles. The van der Waals surface area contributed by atoms with Crippen molar-refractivity contribution in [1.29, 1.82) is 0 Å². The molecule has 0 aromatic heterocycles. The highest BCUT2D eigenvalue weighted by atomic mass is 15.1. The first-order valence-electron chi connectivity index (χ1n) is 6.59. The fourth-order valence-corrected chi connectivity index (χ4v) is 2.29. The van der Waals surface area contributed by atoms with Gasteiger partial charge in [-0.3, -0.25) is 4.90 Å². The van der Waals surface area contributed by atoms with Gasteiger partial charge in [0.05, 0.1) is 0 Å². The number of rotatable bonds is 4. The summed E-state index contributed by atoms with van der Waals surface area (Å²) in [6, 6.07) is 0. The summed E-state index contributed by atoms with van der Waals surface area (Å²) >= 11 is 0. The van der Waals surface area contributed by atoms with E-state index in [0.717, 1.165) is 13.1 Å². The van der Waals surface area contributed by atoms with Gasteiger partial charge >= 0.3 is 0 Å². The Morgan fingerprint density at radius 1 is 1.44 bits per heavy atom. The summed E-state index contributed by atoms with van der Waals surface area (Å²) in [5, 5.41) is 0. The third kappa shape index (κ3) is 3.91. The van der Waals surface area contributed by atoms with E-state index in [2.05, 4.69) is 38.7 Å². The van der Waals surface area contributed by atoms with Crippen molar-refractivity contribution < 1.29 is 0 Å². The third-order valence-corrected chi connectivity index (χ3v) is 3.68. The summed E-state index contributed by atoms with van der Waals surface area (Å²) in [5.74, 6) is 0.671. The molecule has 2 nitrogen and oxygen atoms in total. The van der Waals surface area contributed by atoms with Gasteiger partial charge in [0.2, 0.25) is 0 Å². The number of nitrogens with two attached hydrogens (primary N) is 1. The fourth-order valence-electron chi connectivity index (χ4n) is 2.29. The van der Waals surface area contributed by atoms with Crippen LogP contribution in [0.3, 0.4) is 0 Å². The molecule has 0 saturated carbocycles. The van der Waals surface area contributed by atoms with Crippen LogP contribution >= 0.6 is 0 Å². The van der Waals surface area contributed by atoms with Gasteiger partial charge in [0.25, 0.3) is 0 Å². The Morgan fingerprint density at radius 3 is 2.50 bits per heavy atom. The van der Waals surface area contributed by atoms with Crippen LogP contribution in [0.5, 0.6) is 0 Å². The Kier molecular flexibility index (Phi) is 5.00. The molecule has 0 aromatic rings. The van der Waals surface area contributed by atoms with E-state index >= 15 is 0 Å². The molecule has 0 saturated heterocycles. The summed E-state index contributed by atoms with van der Waals surface area (Å²) < 4.78 is 0. The molecule has 1 aliphatic heterocycles. The number of hydrogen-bond donors (Lipinski definition) is 1. The predicted octanol–water partition coefficient (Wildman–Crippen LogP) is 2.65. The highest BCUT2D eigenvalue weighted by molar-refractivity contribution is 5.14. The van der Waals surface area contributed by atoms with Gasteiger partial charge in [0, 0.05) is 19.6 Å². The second kappa shape index (κ2) is 5.83. The lowest BCUT2D eigenvalue weighted by Gasteiger charge is -2.33. The molecular weight excluding hydrogens is 196 g/mol. The van der Waals surface area contributed by atoms with Gasteiger partial charge in [0.15, 0.2) is 0 Å². The molecule has 0 radical (unpaired) electrons. The Balaban J connectivity index is 2.45. The van der Waals surface area contributed by atoms with E-state index in [1.165, 1.54) is 25.9 Å². The molecule has 16 heavy (non-hydrogen) atoms. The number of nitrogens with zero attached hydrogens (tertiary/aromatic N) is 1. The first-order chi connectivity index (χ1) is 7.47. The molecule has 2 heteroatoms. The Bertz CT molecular complexity index is 234. The van der Waals surface area contributed by atoms with Crippen LogP contribution in [0.25, 0.3) is 0 Å². The van der Waals surface area contributed by atoms with E-state index in [4.69, 9.17) is 5.73 Å². The van der Waals surface area contributed by atoms with Gasteiger partial charge in [-0.05, 0) is 24.3 Å². The first kappa shape index (κ1) is 13.7. The molecule has 1 aliphatic rings. The van der Waals surface area contributed by atoms with Crippen molar-refractivity contribution in [2.24, 2.45) is 17.1 Å². The summed E-state index contributed by atoms with van der Waals surface area (Å²) in [6.45, 7) is 13.5. The van der Waals surface area contributed by atoms with Crippen molar-refractivity contribution in [3.8, 4) is 0 Å². The minimum Gasteiger partial charge on any atom is -0.330 e. The largest absolute Gasteiger partial charge is 0.330 e. The summed E-state index contributed by atoms with van der Waals surface area (Å²) in [5.41, 5.74) is 7.72. The standard InChI is InChI=1S/C14H28N2/c1-5-12(10-15)11-16-8-6-13(7-9-16)14(2,3)4/h6,12H,5,7-11,15H2,1-4H3. The molecule has 1 atom stereocenters. The smallest absolute Gasteiger partial charge is 0.0166 e. The molecule has 0 aromatic carbocycles. The van der Waals surface area contributed by atoms with Crippen molar-refractivity contribution in [1.82, 2.24) is 4.90 Å². The Labute approximate surface area is 101 Å². The summed E-state index contributed by atoms with van der Waals surface area (Å²) in [7, 11) is 0. The van der Waals surface area contributed by atoms with E-state index in [-0.39, 0.29) is 0 Å². The molecule has 1 heterocycles. The van der Waals surface area contributed by atoms with E-state index in [1.807, 2.05) is 0 Å². The second-order valence-electron chi connectivity index (χ2n) is 6.00. The Hall–Kier alpha value is -0.340. The molecule has 1 unspecified atom stereocenters. The van der Waals surface area contributed by atoms with Crippen molar-refractivity contribution in [3.63, 3.8) is 0 Å². The molecule has 0 bridgehead atoms. The van der Waals surface area contributed by atoms with Crippen LogP contribution in [0.4, 0.5) is 0 Å². The van der Waals surface area contributed by atoms with Gasteiger partial charge < -0.3 is 5.73 Å². The normalized spacial score (nSPS) is 20.7. The maximum absolute atomic E-state index is 5.75. The maximum atomic E-state index is 5.75. The first-order valence-corrected chi connectivity index (χ1v) is 6.59. The SMILES string of the molecule is CCC(CN)CN1CC=C(C(C)(C)C)CC1. The van der Waals surface area contributed by atoms with Gasteiger partial charge in [-0.2, -0.15) is 0 Å². The van der Waals surface area contributed by atoms with Crippen molar-refractivity contribution in [2.45, 2.75) is 40.5 Å². The average molecular weight is 224 g/mol. The van der Waals surface area contributed by atoms with Crippen LogP contribution in [0.15, 0.2) is 11.6 Å². The van der Waals surface area contributed by atoms with Gasteiger partial charge in [-0.15, -0.1) is 0 Å². The second-order valence-corrected chi connectivity index (χ2v) is 6.00. The molecule has 0 amide bonds. The van der Waals surface area contributed by atoms with E-state index < -0.39 is 0 Å². The number of hydrogen-bond acceptors (Lipinski definition) is 2. The van der Waals surface area contributed by atoms with Gasteiger partial charge in [-0.25, -0.2) is 0 Å². The van der Waals surface area contributed by atoms with Gasteiger partial charge in [0.1, 0.15) is 0 Å². The van der Waals surface area contributed by atoms with E-state index in [0.29, 0.717) is 11.3 Å². The van der Waals surface area contributed by atoms with E-state index in [1.54, 1.807) is 5.57 Å². The molecule has 0 fully saturated rings. The van der Waals surface area contributed by atoms with Crippen molar-refractivity contribution >= 4 is 0 Å². The predicted molar refractivity (Wildman–Crippen MR) is 71.4 cm³/mol. The maximum Gasteiger partial charge on any atom is 0.0166 e. The van der Waals surface area contributed by atoms with E-state index in [9.17, 15) is 0 Å². The van der Waals surface area contributed by atoms with Crippen LogP contribution in [0, 0.1) is 11.3 Å². The third-order valence-electron chi connectivity index (χ3n) is 3.68. The molecule has 1 rings (SSSR count). The minimum atomic E-state index is 0.351. The Morgan fingerprint density at radius 2 is 2.12 bits per heavy atom. The summed E-state index contributed by atoms with van der Waals surface area (Å²) in [6.07, 6.45) is 4.85. The lowest BCUT2D eigenvalue weighted by atomic mass is 9.83. The minimum absolute atomic E-state index is 0.351. The zero-order valence-electron chi connectivity index (χ0n) is 11.4. The van der Waals surface area contributed by atoms with Crippen LogP contribution in [0.2, 0.25) is 0 Å². The van der Waals surface area contributed by atoms with Crippen molar-refractivity contribution in [3.05, 3.63) is 11.6 Å². The van der Waals surface area contributed by atoms with Crippen LogP contribution in [0.1, 0.15) is 40.5 Å². The molecule has 94 valence electrons. The molecular formula is C14H28N2. The van der Waals surface area contributed by atoms with Crippen LogP contribution < -0.4 is 5.73 Å². The molecule has 2 N–H and O–H groups in total. The van der Waals surface area contributed by atoms with Gasteiger partial charge in [-0.1, -0.05) is 45.8 Å². The van der Waals surface area contributed by atoms with Crippen LogP contribution in [-0.2, 0) is 0 Å². The fraction of sp³-hybridized carbons (Fsp3) is 0.857. The van der Waals surface area contributed by atoms with Crippen molar-refractivity contribution in [2.75, 3.05) is 26.2 Å². The monoisotopic (exact) mass is 224 g/mol. The zero-order valence-corrected chi connectivity index (χ0v) is 11.4. The lowest BCUT2D eigenvalue weighted by Crippen LogP contribution is -2.37. The highest BCUT2D eigenvalue weighted by Gasteiger charge is 2.21. The van der Waals surface area contributed by atoms with Crippen LogP contribution in [-0.4, -0.2) is 31.1 Å². The zero-order chi connectivity index (χ0) is 12.2. The lowest BCUT2D eigenvalue weighted by molar-refractivity contribution is 0.236.